The Bertz CT molecular complexity index is 1550. The maximum absolute atomic E-state index is 3.53. The predicted octanol–water partition coefficient (Wildman–Crippen LogP) is 4.79. The van der Waals surface area contributed by atoms with Gasteiger partial charge in [0.1, 0.15) is 0 Å². The molecule has 0 fully saturated rings. The first-order valence-corrected chi connectivity index (χ1v) is 16.5. The summed E-state index contributed by atoms with van der Waals surface area (Å²) in [5.74, 6) is 0. The summed E-state index contributed by atoms with van der Waals surface area (Å²) in [6.07, 6.45) is 1.03. The van der Waals surface area contributed by atoms with Crippen molar-refractivity contribution in [3.8, 4) is 11.1 Å². The Balaban J connectivity index is 0.000000260. The minimum Gasteiger partial charge on any atom is -1.00 e. The molecule has 234 valence electrons. The third kappa shape index (κ3) is 10.5. The second-order valence-corrected chi connectivity index (χ2v) is 15.1. The van der Waals surface area contributed by atoms with E-state index in [-0.39, 0.29) is 35.6 Å². The van der Waals surface area contributed by atoms with Crippen LogP contribution in [-0.2, 0) is 41.5 Å². The van der Waals surface area contributed by atoms with Crippen LogP contribution in [0.4, 0.5) is 0 Å². The van der Waals surface area contributed by atoms with E-state index in [1.54, 1.807) is 0 Å². The molecule has 5 aromatic carbocycles. The largest absolute Gasteiger partial charge is 1.00 e. The molecular weight excluding hydrogens is 667 g/mol. The van der Waals surface area contributed by atoms with Crippen LogP contribution in [0.25, 0.3) is 11.1 Å². The van der Waals surface area contributed by atoms with Crippen LogP contribution in [0, 0.1) is 26.8 Å². The second kappa shape index (κ2) is 16.4. The molecule has 6 rings (SSSR count). The number of fused-ring (bicyclic) bond motifs is 3. The monoisotopic (exact) mass is 710 g/mol. The van der Waals surface area contributed by atoms with Gasteiger partial charge >= 0.3 is 112 Å². The average molecular weight is 713 g/mol. The Kier molecular flexibility index (Phi) is 14.1. The maximum atomic E-state index is 3.53. The molecule has 0 aromatic heterocycles. The van der Waals surface area contributed by atoms with E-state index in [1.807, 2.05) is 12.1 Å². The van der Waals surface area contributed by atoms with Crippen molar-refractivity contribution in [3.63, 3.8) is 0 Å². The minimum absolute atomic E-state index is 0. The van der Waals surface area contributed by atoms with Crippen molar-refractivity contribution in [2.45, 2.75) is 79.6 Å². The molecule has 0 unspecified atom stereocenters. The molecule has 0 saturated heterocycles. The van der Waals surface area contributed by atoms with Crippen LogP contribution in [0.15, 0.2) is 103 Å². The van der Waals surface area contributed by atoms with E-state index in [1.165, 1.54) is 88.6 Å². The summed E-state index contributed by atoms with van der Waals surface area (Å²) in [4.78, 5) is 0. The zero-order valence-electron chi connectivity index (χ0n) is 28.3. The van der Waals surface area contributed by atoms with Gasteiger partial charge in [-0.2, -0.15) is 47.0 Å². The summed E-state index contributed by atoms with van der Waals surface area (Å²) in [5.41, 5.74) is 15.4. The number of hydrogen-bond acceptors (Lipinski definition) is 0. The summed E-state index contributed by atoms with van der Waals surface area (Å²) in [6.45, 7) is 20.0. The van der Waals surface area contributed by atoms with Gasteiger partial charge in [0.05, 0.1) is 0 Å². The normalized spacial score (nSPS) is 11.4. The molecule has 1 aliphatic rings. The molecule has 0 bridgehead atoms. The van der Waals surface area contributed by atoms with Crippen molar-refractivity contribution in [2.75, 3.05) is 0 Å². The zero-order valence-corrected chi connectivity index (χ0v) is 32.2. The van der Waals surface area contributed by atoms with E-state index in [9.17, 15) is 0 Å². The summed E-state index contributed by atoms with van der Waals surface area (Å²) in [5, 5.41) is 0. The standard InChI is InChI=1S/C21H25.C15H14.C6H7.2ClH.Zr/c1-20(2,3)16-9-7-14-11-15-8-10-17(21(4,5)6)13-19(15)18(14)12-16;1-12-3-7-14(8-4-12)11-15-9-5-13(2)6-10-15;1-6-4-2-3-5-6;;;/h7,9-10,12-13H,11H2,1-6H3;3-10H,1-2H3;2-5H,1H3;2*1H;/q-1;;-1;;;+2/p-2. The first-order valence-electron chi connectivity index (χ1n) is 15.3. The van der Waals surface area contributed by atoms with E-state index in [0.29, 0.717) is 0 Å². The zero-order chi connectivity index (χ0) is 31.4. The topological polar surface area (TPSA) is 0 Å². The number of halogens is 2. The molecule has 0 nitrogen and oxygen atoms in total. The molecule has 5 aromatic rings. The Morgan fingerprint density at radius 3 is 1.56 bits per heavy atom. The summed E-state index contributed by atoms with van der Waals surface area (Å²) >= 11 is 1.46. The predicted molar refractivity (Wildman–Crippen MR) is 183 cm³/mol. The van der Waals surface area contributed by atoms with E-state index >= 15 is 0 Å². The van der Waals surface area contributed by atoms with Gasteiger partial charge in [0.2, 0.25) is 0 Å². The van der Waals surface area contributed by atoms with E-state index in [0.717, 1.165) is 6.42 Å². The number of rotatable bonds is 2. The number of aryl methyl sites for hydroxylation is 3. The van der Waals surface area contributed by atoms with Gasteiger partial charge in [0, 0.05) is 0 Å². The Morgan fingerprint density at radius 1 is 0.667 bits per heavy atom. The first-order chi connectivity index (χ1) is 20.2. The summed E-state index contributed by atoms with van der Waals surface area (Å²) in [6, 6.07) is 40.8. The third-order valence-corrected chi connectivity index (χ3v) is 9.46. The van der Waals surface area contributed by atoms with Gasteiger partial charge in [0.15, 0.2) is 0 Å². The van der Waals surface area contributed by atoms with Gasteiger partial charge in [-0.1, -0.05) is 83.2 Å². The fraction of sp³-hybridized carbons (Fsp3) is 0.286. The second-order valence-electron chi connectivity index (χ2n) is 13.9. The Hall–Kier alpha value is -2.44. The van der Waals surface area contributed by atoms with Gasteiger partial charge in [-0.25, -0.2) is 12.1 Å². The molecule has 0 heterocycles. The first kappa shape index (κ1) is 38.7. The summed E-state index contributed by atoms with van der Waals surface area (Å²) < 4.78 is 1.42. The molecule has 0 amide bonds. The molecule has 45 heavy (non-hydrogen) atoms. The fourth-order valence-corrected chi connectivity index (χ4v) is 5.88. The average Bonchev–Trinajstić information content (AvgIpc) is 3.59. The van der Waals surface area contributed by atoms with E-state index in [4.69, 9.17) is 0 Å². The van der Waals surface area contributed by atoms with Crippen molar-refractivity contribution >= 4 is 3.21 Å². The molecule has 0 N–H and O–H groups in total. The molecule has 3 heteroatoms. The van der Waals surface area contributed by atoms with Gasteiger partial charge in [-0.05, 0) is 17.4 Å². The SMILES string of the molecule is CC(C)(C)c1c[c-]c2c(c1)-c1cc(C(C)(C)C)ccc1C2.C[c-]1cccc1.Cc1ccc([C](=[Zr+2])c2ccc(C)cc2)cc1.[Cl-].[Cl-]. The van der Waals surface area contributed by atoms with Crippen molar-refractivity contribution in [1.29, 1.82) is 0 Å². The Labute approximate surface area is 300 Å². The van der Waals surface area contributed by atoms with Crippen LogP contribution in [0.5, 0.6) is 0 Å². The van der Waals surface area contributed by atoms with Gasteiger partial charge in [0.25, 0.3) is 0 Å². The third-order valence-electron chi connectivity index (χ3n) is 8.04. The van der Waals surface area contributed by atoms with E-state index in [2.05, 4.69) is 159 Å². The van der Waals surface area contributed by atoms with Crippen LogP contribution in [0.1, 0.15) is 91.6 Å². The molecule has 0 saturated carbocycles. The van der Waals surface area contributed by atoms with Gasteiger partial charge in [-0.3, -0.25) is 0 Å². The molecule has 0 radical (unpaired) electrons. The fourth-order valence-electron chi connectivity index (χ4n) is 5.06. The molecule has 0 atom stereocenters. The quantitative estimate of drug-likeness (QED) is 0.227. The van der Waals surface area contributed by atoms with Crippen LogP contribution < -0.4 is 24.8 Å². The van der Waals surface area contributed by atoms with Crippen molar-refractivity contribution in [1.82, 2.24) is 0 Å². The van der Waals surface area contributed by atoms with Gasteiger partial charge < -0.3 is 24.8 Å². The molecule has 0 aliphatic heterocycles. The molecule has 1 aliphatic carbocycles. The van der Waals surface area contributed by atoms with Crippen LogP contribution in [0.3, 0.4) is 0 Å². The molecule has 0 spiro atoms. The number of benzene rings is 4. The van der Waals surface area contributed by atoms with Crippen LogP contribution >= 0.6 is 0 Å². The van der Waals surface area contributed by atoms with Crippen molar-refractivity contribution in [3.05, 3.63) is 159 Å². The Morgan fingerprint density at radius 2 is 1.13 bits per heavy atom. The number of hydrogen-bond donors (Lipinski definition) is 0. The van der Waals surface area contributed by atoms with Crippen molar-refractivity contribution < 1.29 is 49.0 Å². The van der Waals surface area contributed by atoms with Crippen molar-refractivity contribution in [2.24, 2.45) is 0 Å². The smallest absolute Gasteiger partial charge is 1.00 e. The molecular formula is C42H46Cl2Zr-2. The van der Waals surface area contributed by atoms with Gasteiger partial charge in [-0.15, -0.1) is 5.56 Å². The van der Waals surface area contributed by atoms with E-state index < -0.39 is 0 Å². The summed E-state index contributed by atoms with van der Waals surface area (Å²) in [7, 11) is 0. The minimum atomic E-state index is 0. The maximum Gasteiger partial charge on any atom is -1.00 e. The van der Waals surface area contributed by atoms with Crippen LogP contribution in [0.2, 0.25) is 0 Å². The van der Waals surface area contributed by atoms with Crippen LogP contribution in [-0.4, -0.2) is 3.21 Å².